The summed E-state index contributed by atoms with van der Waals surface area (Å²) < 4.78 is 5.19. The van der Waals surface area contributed by atoms with Crippen LogP contribution >= 0.6 is 11.8 Å². The number of hydrogen-bond acceptors (Lipinski definition) is 5. The van der Waals surface area contributed by atoms with Gasteiger partial charge in [-0.3, -0.25) is 14.4 Å². The van der Waals surface area contributed by atoms with Gasteiger partial charge in [-0.1, -0.05) is 29.8 Å². The molecule has 0 aliphatic heterocycles. The molecule has 7 heteroatoms. The molecule has 0 saturated heterocycles. The van der Waals surface area contributed by atoms with Crippen molar-refractivity contribution in [3.05, 3.63) is 59.7 Å². The van der Waals surface area contributed by atoms with Gasteiger partial charge in [0.15, 0.2) is 6.10 Å². The van der Waals surface area contributed by atoms with Crippen molar-refractivity contribution in [2.24, 2.45) is 0 Å². The molecule has 148 valence electrons. The van der Waals surface area contributed by atoms with Crippen LogP contribution in [-0.4, -0.2) is 29.6 Å². The van der Waals surface area contributed by atoms with Gasteiger partial charge in [0.05, 0.1) is 5.75 Å². The zero-order chi connectivity index (χ0) is 20.5. The number of rotatable bonds is 8. The second kappa shape index (κ2) is 10.5. The Morgan fingerprint density at radius 1 is 0.964 bits per heavy atom. The Bertz CT molecular complexity index is 819. The van der Waals surface area contributed by atoms with E-state index in [0.717, 1.165) is 5.56 Å². The third-order valence-corrected chi connectivity index (χ3v) is 4.74. The minimum atomic E-state index is -0.900. The third kappa shape index (κ3) is 7.44. The van der Waals surface area contributed by atoms with Crippen molar-refractivity contribution in [2.75, 3.05) is 16.4 Å². The zero-order valence-corrected chi connectivity index (χ0v) is 17.0. The Morgan fingerprint density at radius 3 is 2.11 bits per heavy atom. The minimum Gasteiger partial charge on any atom is -0.452 e. The van der Waals surface area contributed by atoms with Crippen molar-refractivity contribution < 1.29 is 19.1 Å². The first kappa shape index (κ1) is 21.5. The number of hydrogen-bond donors (Lipinski definition) is 2. The van der Waals surface area contributed by atoms with Gasteiger partial charge in [-0.15, -0.1) is 11.8 Å². The summed E-state index contributed by atoms with van der Waals surface area (Å²) in [6.45, 7) is 4.98. The van der Waals surface area contributed by atoms with Crippen LogP contribution < -0.4 is 10.6 Å². The number of aryl methyl sites for hydroxylation is 1. The maximum absolute atomic E-state index is 12.2. The van der Waals surface area contributed by atoms with Crippen LogP contribution in [0.5, 0.6) is 0 Å². The summed E-state index contributed by atoms with van der Waals surface area (Å²) in [6.07, 6.45) is -0.900. The molecule has 0 radical (unpaired) electrons. The standard InChI is InChI=1S/C21H24N2O4S/c1-14-4-6-17(7-5-14)12-28-13-20(25)27-15(2)21(26)23-19-10-8-18(9-11-19)22-16(3)24/h4-11,15H,12-13H2,1-3H3,(H,22,24)(H,23,26)/t15-/m0/s1. The van der Waals surface area contributed by atoms with E-state index in [0.29, 0.717) is 17.1 Å². The van der Waals surface area contributed by atoms with E-state index in [1.54, 1.807) is 24.3 Å². The number of ether oxygens (including phenoxy) is 1. The Hall–Kier alpha value is -2.80. The normalized spacial score (nSPS) is 11.4. The maximum Gasteiger partial charge on any atom is 0.316 e. The highest BCUT2D eigenvalue weighted by Crippen LogP contribution is 2.15. The SMILES string of the molecule is CC(=O)Nc1ccc(NC(=O)[C@H](C)OC(=O)CSCc2ccc(C)cc2)cc1. The number of anilines is 2. The van der Waals surface area contributed by atoms with Gasteiger partial charge in [0.2, 0.25) is 5.91 Å². The van der Waals surface area contributed by atoms with Crippen LogP contribution in [0.25, 0.3) is 0 Å². The van der Waals surface area contributed by atoms with E-state index in [1.807, 2.05) is 31.2 Å². The smallest absolute Gasteiger partial charge is 0.316 e. The summed E-state index contributed by atoms with van der Waals surface area (Å²) in [5.74, 6) is -0.129. The number of carbonyl (C=O) groups is 3. The predicted molar refractivity (Wildman–Crippen MR) is 112 cm³/mol. The molecule has 0 bridgehead atoms. The van der Waals surface area contributed by atoms with Gasteiger partial charge in [-0.2, -0.15) is 0 Å². The fourth-order valence-corrected chi connectivity index (χ4v) is 3.07. The van der Waals surface area contributed by atoms with Crippen LogP contribution in [0.3, 0.4) is 0 Å². The molecule has 2 rings (SSSR count). The van der Waals surface area contributed by atoms with Crippen molar-refractivity contribution in [1.29, 1.82) is 0 Å². The summed E-state index contributed by atoms with van der Waals surface area (Å²) >= 11 is 1.44. The number of amides is 2. The summed E-state index contributed by atoms with van der Waals surface area (Å²) in [7, 11) is 0. The molecule has 0 unspecified atom stereocenters. The number of carbonyl (C=O) groups excluding carboxylic acids is 3. The lowest BCUT2D eigenvalue weighted by Gasteiger charge is -2.14. The first-order chi connectivity index (χ1) is 13.3. The first-order valence-electron chi connectivity index (χ1n) is 8.85. The van der Waals surface area contributed by atoms with Gasteiger partial charge in [0.1, 0.15) is 0 Å². The van der Waals surface area contributed by atoms with Gasteiger partial charge in [0, 0.05) is 24.1 Å². The van der Waals surface area contributed by atoms with Crippen molar-refractivity contribution in [2.45, 2.75) is 32.6 Å². The average molecular weight is 401 g/mol. The molecule has 0 saturated carbocycles. The molecule has 2 aromatic carbocycles. The molecule has 0 fully saturated rings. The third-order valence-electron chi connectivity index (χ3n) is 3.76. The van der Waals surface area contributed by atoms with Crippen molar-refractivity contribution in [3.63, 3.8) is 0 Å². The van der Waals surface area contributed by atoms with Gasteiger partial charge < -0.3 is 15.4 Å². The highest BCUT2D eigenvalue weighted by Gasteiger charge is 2.18. The lowest BCUT2D eigenvalue weighted by atomic mass is 10.2. The quantitative estimate of drug-likeness (QED) is 0.659. The molecular weight excluding hydrogens is 376 g/mol. The highest BCUT2D eigenvalue weighted by molar-refractivity contribution is 7.99. The molecule has 6 nitrogen and oxygen atoms in total. The Labute approximate surface area is 169 Å². The highest BCUT2D eigenvalue weighted by atomic mass is 32.2. The molecule has 28 heavy (non-hydrogen) atoms. The molecule has 0 aliphatic rings. The molecule has 0 heterocycles. The lowest BCUT2D eigenvalue weighted by molar-refractivity contribution is -0.150. The summed E-state index contributed by atoms with van der Waals surface area (Å²) in [5.41, 5.74) is 3.51. The molecule has 0 aromatic heterocycles. The number of benzene rings is 2. The molecular formula is C21H24N2O4S. The van der Waals surface area contributed by atoms with Crippen LogP contribution in [-0.2, 0) is 24.9 Å². The fraction of sp³-hybridized carbons (Fsp3) is 0.286. The second-order valence-electron chi connectivity index (χ2n) is 6.36. The Kier molecular flexibility index (Phi) is 8.07. The summed E-state index contributed by atoms with van der Waals surface area (Å²) in [4.78, 5) is 35.1. The Morgan fingerprint density at radius 2 is 1.54 bits per heavy atom. The van der Waals surface area contributed by atoms with Gasteiger partial charge in [-0.25, -0.2) is 0 Å². The van der Waals surface area contributed by atoms with Crippen LogP contribution in [0.2, 0.25) is 0 Å². The molecule has 2 N–H and O–H groups in total. The van der Waals surface area contributed by atoms with Crippen LogP contribution in [0.1, 0.15) is 25.0 Å². The largest absolute Gasteiger partial charge is 0.452 e. The van der Waals surface area contributed by atoms with Gasteiger partial charge in [0.25, 0.3) is 5.91 Å². The van der Waals surface area contributed by atoms with E-state index < -0.39 is 18.0 Å². The van der Waals surface area contributed by atoms with E-state index in [9.17, 15) is 14.4 Å². The van der Waals surface area contributed by atoms with Crippen molar-refractivity contribution in [3.8, 4) is 0 Å². The first-order valence-corrected chi connectivity index (χ1v) is 10.0. The zero-order valence-electron chi connectivity index (χ0n) is 16.2. The van der Waals surface area contributed by atoms with E-state index in [4.69, 9.17) is 4.74 Å². The topological polar surface area (TPSA) is 84.5 Å². The van der Waals surface area contributed by atoms with E-state index in [1.165, 1.54) is 31.2 Å². The fourth-order valence-electron chi connectivity index (χ4n) is 2.31. The average Bonchev–Trinajstić information content (AvgIpc) is 2.64. The van der Waals surface area contributed by atoms with Gasteiger partial charge in [-0.05, 0) is 43.7 Å². The van der Waals surface area contributed by atoms with E-state index in [-0.39, 0.29) is 11.7 Å². The second-order valence-corrected chi connectivity index (χ2v) is 7.34. The van der Waals surface area contributed by atoms with E-state index >= 15 is 0 Å². The number of nitrogens with one attached hydrogen (secondary N) is 2. The lowest BCUT2D eigenvalue weighted by Crippen LogP contribution is -2.30. The molecule has 1 atom stereocenters. The van der Waals surface area contributed by atoms with Crippen LogP contribution in [0, 0.1) is 6.92 Å². The maximum atomic E-state index is 12.2. The molecule has 2 amide bonds. The monoisotopic (exact) mass is 400 g/mol. The number of thioether (sulfide) groups is 1. The van der Waals surface area contributed by atoms with Crippen molar-refractivity contribution in [1.82, 2.24) is 0 Å². The predicted octanol–water partition coefficient (Wildman–Crippen LogP) is 3.76. The molecule has 0 aliphatic carbocycles. The Balaban J connectivity index is 1.74. The van der Waals surface area contributed by atoms with Gasteiger partial charge >= 0.3 is 5.97 Å². The summed E-state index contributed by atoms with van der Waals surface area (Å²) in [6, 6.07) is 14.8. The molecule has 2 aromatic rings. The molecule has 0 spiro atoms. The van der Waals surface area contributed by atoms with Crippen molar-refractivity contribution >= 4 is 40.9 Å². The minimum absolute atomic E-state index is 0.169. The number of esters is 1. The van der Waals surface area contributed by atoms with Crippen LogP contribution in [0.15, 0.2) is 48.5 Å². The summed E-state index contributed by atoms with van der Waals surface area (Å²) in [5, 5.41) is 5.32. The van der Waals surface area contributed by atoms with E-state index in [2.05, 4.69) is 10.6 Å². The van der Waals surface area contributed by atoms with Crippen LogP contribution in [0.4, 0.5) is 11.4 Å².